The van der Waals surface area contributed by atoms with Crippen LogP contribution in [0.5, 0.6) is 0 Å². The molecule has 0 radical (unpaired) electrons. The molecular weight excluding hydrogens is 420 g/mol. The molecule has 0 aliphatic rings. The van der Waals surface area contributed by atoms with Crippen LogP contribution in [0.2, 0.25) is 0 Å². The molecule has 2 heterocycles. The van der Waals surface area contributed by atoms with Crippen LogP contribution in [0.3, 0.4) is 0 Å². The van der Waals surface area contributed by atoms with Gasteiger partial charge in [0.2, 0.25) is 0 Å². The monoisotopic (exact) mass is 444 g/mol. The summed E-state index contributed by atoms with van der Waals surface area (Å²) in [7, 11) is 0. The number of fused-ring (bicyclic) bond motifs is 1. The maximum atomic E-state index is 12.9. The molecule has 0 bridgehead atoms. The molecule has 0 fully saturated rings. The number of aromatic nitrogens is 4. The van der Waals surface area contributed by atoms with Gasteiger partial charge in [-0.25, -0.2) is 9.36 Å². The van der Waals surface area contributed by atoms with Crippen LogP contribution in [0.1, 0.15) is 45.6 Å². The average Bonchev–Trinajstić information content (AvgIpc) is 3.13. The zero-order valence-electron chi connectivity index (χ0n) is 18.6. The second-order valence-corrected chi connectivity index (χ2v) is 7.62. The lowest BCUT2D eigenvalue weighted by Gasteiger charge is -2.11. The van der Waals surface area contributed by atoms with Crippen molar-refractivity contribution in [3.8, 4) is 5.69 Å². The van der Waals surface area contributed by atoms with Gasteiger partial charge in [-0.05, 0) is 38.5 Å². The highest BCUT2D eigenvalue weighted by molar-refractivity contribution is 6.06. The van der Waals surface area contributed by atoms with Gasteiger partial charge >= 0.3 is 0 Å². The van der Waals surface area contributed by atoms with Crippen molar-refractivity contribution >= 4 is 22.6 Å². The Bertz CT molecular complexity index is 1410. The van der Waals surface area contributed by atoms with Crippen molar-refractivity contribution in [2.75, 3.05) is 0 Å². The first-order valence-electron chi connectivity index (χ1n) is 10.6. The lowest BCUT2D eigenvalue weighted by Crippen LogP contribution is -2.43. The third kappa shape index (κ3) is 4.12. The minimum absolute atomic E-state index is 0.0624. The standard InChI is InChI=1S/C24H24N6O3/c1-4-14-29-24(33)19-13-9-8-12-18(19)21(28-29)23(32)26-25-22(31)20-15(2)27-30(16(20)3)17-10-6-5-7-11-17/h5-13H,4,14H2,1-3H3,(H,25,31)(H,26,32). The zero-order chi connectivity index (χ0) is 23.5. The first kappa shape index (κ1) is 21.9. The number of hydrogen-bond acceptors (Lipinski definition) is 5. The minimum atomic E-state index is -0.616. The predicted octanol–water partition coefficient (Wildman–Crippen LogP) is 2.68. The van der Waals surface area contributed by atoms with Crippen molar-refractivity contribution in [2.45, 2.75) is 33.7 Å². The van der Waals surface area contributed by atoms with Gasteiger partial charge in [0.1, 0.15) is 0 Å². The summed E-state index contributed by atoms with van der Waals surface area (Å²) in [5.41, 5.74) is 7.06. The Morgan fingerprint density at radius 2 is 1.52 bits per heavy atom. The highest BCUT2D eigenvalue weighted by Crippen LogP contribution is 2.18. The van der Waals surface area contributed by atoms with Gasteiger partial charge in [-0.3, -0.25) is 25.2 Å². The molecule has 4 aromatic rings. The molecule has 2 N–H and O–H groups in total. The molecule has 0 aliphatic heterocycles. The third-order valence-electron chi connectivity index (χ3n) is 5.33. The number of nitrogens with zero attached hydrogens (tertiary/aromatic N) is 4. The molecular formula is C24H24N6O3. The first-order valence-corrected chi connectivity index (χ1v) is 10.6. The van der Waals surface area contributed by atoms with E-state index in [0.29, 0.717) is 40.7 Å². The minimum Gasteiger partial charge on any atom is -0.267 e. The number of para-hydroxylation sites is 1. The molecule has 2 amide bonds. The van der Waals surface area contributed by atoms with E-state index in [4.69, 9.17) is 0 Å². The van der Waals surface area contributed by atoms with Gasteiger partial charge < -0.3 is 0 Å². The second kappa shape index (κ2) is 9.07. The number of carbonyl (C=O) groups is 2. The van der Waals surface area contributed by atoms with Gasteiger partial charge in [-0.2, -0.15) is 10.2 Å². The maximum Gasteiger partial charge on any atom is 0.290 e. The molecule has 9 nitrogen and oxygen atoms in total. The van der Waals surface area contributed by atoms with Crippen molar-refractivity contribution in [1.29, 1.82) is 0 Å². The van der Waals surface area contributed by atoms with Gasteiger partial charge in [-0.1, -0.05) is 43.3 Å². The number of rotatable bonds is 5. The van der Waals surface area contributed by atoms with E-state index >= 15 is 0 Å². The molecule has 4 rings (SSSR count). The van der Waals surface area contributed by atoms with Crippen LogP contribution < -0.4 is 16.4 Å². The third-order valence-corrected chi connectivity index (χ3v) is 5.33. The fourth-order valence-corrected chi connectivity index (χ4v) is 3.79. The molecule has 2 aromatic carbocycles. The van der Waals surface area contributed by atoms with Crippen LogP contribution >= 0.6 is 0 Å². The van der Waals surface area contributed by atoms with Crippen LogP contribution in [0.4, 0.5) is 0 Å². The second-order valence-electron chi connectivity index (χ2n) is 7.62. The number of aryl methyl sites for hydroxylation is 2. The first-order chi connectivity index (χ1) is 15.9. The summed E-state index contributed by atoms with van der Waals surface area (Å²) in [4.78, 5) is 38.5. The van der Waals surface area contributed by atoms with Crippen LogP contribution in [-0.4, -0.2) is 31.4 Å². The summed E-state index contributed by atoms with van der Waals surface area (Å²) in [6, 6.07) is 16.3. The van der Waals surface area contributed by atoms with E-state index in [0.717, 1.165) is 5.69 Å². The lowest BCUT2D eigenvalue weighted by atomic mass is 10.1. The average molecular weight is 444 g/mol. The largest absolute Gasteiger partial charge is 0.290 e. The number of nitrogens with one attached hydrogen (secondary N) is 2. The van der Waals surface area contributed by atoms with Crippen LogP contribution in [0.15, 0.2) is 59.4 Å². The normalized spacial score (nSPS) is 10.9. The fourth-order valence-electron chi connectivity index (χ4n) is 3.79. The van der Waals surface area contributed by atoms with Gasteiger partial charge in [0.25, 0.3) is 17.4 Å². The van der Waals surface area contributed by atoms with E-state index in [9.17, 15) is 14.4 Å². The van der Waals surface area contributed by atoms with Gasteiger partial charge in [0, 0.05) is 11.9 Å². The smallest absolute Gasteiger partial charge is 0.267 e. The molecule has 33 heavy (non-hydrogen) atoms. The fraction of sp³-hybridized carbons (Fsp3) is 0.208. The van der Waals surface area contributed by atoms with E-state index in [1.807, 2.05) is 37.3 Å². The number of carbonyl (C=O) groups excluding carboxylic acids is 2. The number of hydrogen-bond donors (Lipinski definition) is 2. The Morgan fingerprint density at radius 3 is 2.21 bits per heavy atom. The summed E-state index contributed by atoms with van der Waals surface area (Å²) < 4.78 is 2.96. The Labute approximate surface area is 190 Å². The Balaban J connectivity index is 1.60. The molecule has 0 saturated carbocycles. The van der Waals surface area contributed by atoms with E-state index in [2.05, 4.69) is 21.0 Å². The molecule has 0 spiro atoms. The van der Waals surface area contributed by atoms with Gasteiger partial charge in [-0.15, -0.1) is 0 Å². The Morgan fingerprint density at radius 1 is 0.879 bits per heavy atom. The Hall–Kier alpha value is -4.27. The number of benzene rings is 2. The van der Waals surface area contributed by atoms with Crippen molar-refractivity contribution in [1.82, 2.24) is 30.4 Å². The molecule has 2 aromatic heterocycles. The highest BCUT2D eigenvalue weighted by Gasteiger charge is 2.21. The quantitative estimate of drug-likeness (QED) is 0.460. The maximum absolute atomic E-state index is 12.9. The van der Waals surface area contributed by atoms with Gasteiger partial charge in [0.05, 0.1) is 28.0 Å². The lowest BCUT2D eigenvalue weighted by molar-refractivity contribution is 0.0843. The summed E-state index contributed by atoms with van der Waals surface area (Å²) >= 11 is 0. The van der Waals surface area contributed by atoms with Crippen LogP contribution in [0.25, 0.3) is 16.5 Å². The summed E-state index contributed by atoms with van der Waals surface area (Å²) in [5.74, 6) is -1.11. The van der Waals surface area contributed by atoms with Crippen molar-refractivity contribution < 1.29 is 9.59 Å². The summed E-state index contributed by atoms with van der Waals surface area (Å²) in [5, 5.41) is 9.52. The molecule has 0 atom stereocenters. The molecule has 168 valence electrons. The van der Waals surface area contributed by atoms with E-state index in [1.165, 1.54) is 4.68 Å². The topological polar surface area (TPSA) is 111 Å². The highest BCUT2D eigenvalue weighted by atomic mass is 16.2. The van der Waals surface area contributed by atoms with Crippen molar-refractivity contribution in [3.05, 3.63) is 87.6 Å². The zero-order valence-corrected chi connectivity index (χ0v) is 18.6. The van der Waals surface area contributed by atoms with E-state index in [1.54, 1.807) is 42.8 Å². The van der Waals surface area contributed by atoms with Crippen LogP contribution in [-0.2, 0) is 6.54 Å². The van der Waals surface area contributed by atoms with Crippen molar-refractivity contribution in [2.24, 2.45) is 0 Å². The summed E-state index contributed by atoms with van der Waals surface area (Å²) in [6.07, 6.45) is 0.687. The molecule has 0 saturated heterocycles. The molecule has 0 unspecified atom stereocenters. The SMILES string of the molecule is CCCn1nc(C(=O)NNC(=O)c2c(C)nn(-c3ccccc3)c2C)c2ccccc2c1=O. The van der Waals surface area contributed by atoms with E-state index < -0.39 is 11.8 Å². The van der Waals surface area contributed by atoms with Crippen molar-refractivity contribution in [3.63, 3.8) is 0 Å². The molecule has 0 aliphatic carbocycles. The predicted molar refractivity (Wildman–Crippen MR) is 124 cm³/mol. The summed E-state index contributed by atoms with van der Waals surface area (Å²) in [6.45, 7) is 5.83. The Kier molecular flexibility index (Phi) is 6.03. The van der Waals surface area contributed by atoms with Gasteiger partial charge in [0.15, 0.2) is 5.69 Å². The number of hydrazine groups is 1. The van der Waals surface area contributed by atoms with E-state index in [-0.39, 0.29) is 11.3 Å². The number of amides is 2. The molecule has 9 heteroatoms. The van der Waals surface area contributed by atoms with Crippen LogP contribution in [0, 0.1) is 13.8 Å².